The van der Waals surface area contributed by atoms with Gasteiger partial charge in [0.1, 0.15) is 0 Å². The van der Waals surface area contributed by atoms with Crippen LogP contribution in [0.5, 0.6) is 0 Å². The molecule has 0 amide bonds. The molecule has 4 nitrogen and oxygen atoms in total. The topological polar surface area (TPSA) is 52.6 Å². The molecular formula is C11H20O4. The van der Waals surface area contributed by atoms with Crippen molar-refractivity contribution in [2.24, 2.45) is 0 Å². The van der Waals surface area contributed by atoms with Crippen LogP contribution in [0.1, 0.15) is 46.0 Å². The maximum atomic E-state index is 11.1. The van der Waals surface area contributed by atoms with Gasteiger partial charge in [0.05, 0.1) is 13.2 Å². The molecule has 0 saturated heterocycles. The Kier molecular flexibility index (Phi) is 8.82. The standard InChI is InChI=1S/C11H20O4/c1-3-5-9-15-11(13)8-6-7-10(12)14-4-2/h3-9H2,1-2H3. The molecule has 15 heavy (non-hydrogen) atoms. The van der Waals surface area contributed by atoms with Crippen LogP contribution in [0.3, 0.4) is 0 Å². The minimum absolute atomic E-state index is 0.229. The van der Waals surface area contributed by atoms with Crippen LogP contribution in [-0.4, -0.2) is 25.2 Å². The van der Waals surface area contributed by atoms with Crippen LogP contribution in [0.25, 0.3) is 0 Å². The summed E-state index contributed by atoms with van der Waals surface area (Å²) in [6, 6.07) is 0. The Morgan fingerprint density at radius 3 is 2.07 bits per heavy atom. The summed E-state index contributed by atoms with van der Waals surface area (Å²) >= 11 is 0. The van der Waals surface area contributed by atoms with Crippen LogP contribution in [0.2, 0.25) is 0 Å². The van der Waals surface area contributed by atoms with E-state index in [1.54, 1.807) is 6.92 Å². The predicted octanol–water partition coefficient (Wildman–Crippen LogP) is 2.06. The van der Waals surface area contributed by atoms with Crippen molar-refractivity contribution in [1.82, 2.24) is 0 Å². The summed E-state index contributed by atoms with van der Waals surface area (Å²) in [7, 11) is 0. The molecule has 0 spiro atoms. The third-order valence-electron chi connectivity index (χ3n) is 1.83. The summed E-state index contributed by atoms with van der Waals surface area (Å²) in [5.41, 5.74) is 0. The Morgan fingerprint density at radius 1 is 0.933 bits per heavy atom. The molecule has 0 fully saturated rings. The summed E-state index contributed by atoms with van der Waals surface area (Å²) < 4.78 is 9.66. The molecule has 4 heteroatoms. The maximum absolute atomic E-state index is 11.1. The highest BCUT2D eigenvalue weighted by Gasteiger charge is 2.06. The highest BCUT2D eigenvalue weighted by atomic mass is 16.5. The minimum Gasteiger partial charge on any atom is -0.466 e. The van der Waals surface area contributed by atoms with Gasteiger partial charge in [-0.1, -0.05) is 13.3 Å². The third-order valence-corrected chi connectivity index (χ3v) is 1.83. The zero-order valence-electron chi connectivity index (χ0n) is 9.58. The van der Waals surface area contributed by atoms with Gasteiger partial charge in [-0.25, -0.2) is 0 Å². The number of rotatable bonds is 8. The largest absolute Gasteiger partial charge is 0.466 e. The molecule has 0 aliphatic carbocycles. The van der Waals surface area contributed by atoms with E-state index in [9.17, 15) is 9.59 Å². The van der Waals surface area contributed by atoms with E-state index in [2.05, 4.69) is 0 Å². The Bertz CT molecular complexity index is 189. The zero-order chi connectivity index (χ0) is 11.5. The van der Waals surface area contributed by atoms with Crippen LogP contribution >= 0.6 is 0 Å². The zero-order valence-corrected chi connectivity index (χ0v) is 9.58. The van der Waals surface area contributed by atoms with Gasteiger partial charge < -0.3 is 9.47 Å². The quantitative estimate of drug-likeness (QED) is 0.460. The van der Waals surface area contributed by atoms with Gasteiger partial charge in [0.15, 0.2) is 0 Å². The highest BCUT2D eigenvalue weighted by Crippen LogP contribution is 2.00. The molecule has 0 bridgehead atoms. The molecule has 0 aliphatic heterocycles. The lowest BCUT2D eigenvalue weighted by Crippen LogP contribution is -2.08. The van der Waals surface area contributed by atoms with Crippen LogP contribution in [0, 0.1) is 0 Å². The Balaban J connectivity index is 3.34. The molecule has 0 aromatic rings. The van der Waals surface area contributed by atoms with Gasteiger partial charge in [-0.05, 0) is 19.8 Å². The molecule has 0 radical (unpaired) electrons. The number of unbranched alkanes of at least 4 members (excludes halogenated alkanes) is 1. The number of carbonyl (C=O) groups is 2. The summed E-state index contributed by atoms with van der Waals surface area (Å²) in [5, 5.41) is 0. The minimum atomic E-state index is -0.251. The second kappa shape index (κ2) is 9.49. The monoisotopic (exact) mass is 216 g/mol. The second-order valence-corrected chi connectivity index (χ2v) is 3.23. The molecule has 0 unspecified atom stereocenters. The van der Waals surface area contributed by atoms with E-state index < -0.39 is 0 Å². The molecule has 0 aliphatic rings. The lowest BCUT2D eigenvalue weighted by atomic mass is 10.2. The lowest BCUT2D eigenvalue weighted by molar-refractivity contribution is -0.145. The Morgan fingerprint density at radius 2 is 1.53 bits per heavy atom. The van der Waals surface area contributed by atoms with E-state index in [4.69, 9.17) is 9.47 Å². The fraction of sp³-hybridized carbons (Fsp3) is 0.818. The Labute approximate surface area is 90.9 Å². The number of hydrogen-bond donors (Lipinski definition) is 0. The number of esters is 2. The highest BCUT2D eigenvalue weighted by molar-refractivity contribution is 5.72. The van der Waals surface area contributed by atoms with Crippen molar-refractivity contribution in [3.63, 3.8) is 0 Å². The number of carbonyl (C=O) groups excluding carboxylic acids is 2. The van der Waals surface area contributed by atoms with Gasteiger partial charge in [-0.3, -0.25) is 9.59 Å². The molecule has 0 aromatic heterocycles. The predicted molar refractivity (Wildman–Crippen MR) is 56.4 cm³/mol. The van der Waals surface area contributed by atoms with Gasteiger partial charge in [-0.2, -0.15) is 0 Å². The summed E-state index contributed by atoms with van der Waals surface area (Å²) in [6.45, 7) is 4.67. The van der Waals surface area contributed by atoms with E-state index >= 15 is 0 Å². The van der Waals surface area contributed by atoms with Gasteiger partial charge in [0.25, 0.3) is 0 Å². The maximum Gasteiger partial charge on any atom is 0.305 e. The summed E-state index contributed by atoms with van der Waals surface area (Å²) in [5.74, 6) is -0.480. The first kappa shape index (κ1) is 13.9. The van der Waals surface area contributed by atoms with Crippen molar-refractivity contribution in [2.45, 2.75) is 46.0 Å². The molecule has 0 aromatic carbocycles. The first-order valence-electron chi connectivity index (χ1n) is 5.52. The lowest BCUT2D eigenvalue weighted by Gasteiger charge is -2.03. The van der Waals surface area contributed by atoms with Crippen molar-refractivity contribution in [3.8, 4) is 0 Å². The van der Waals surface area contributed by atoms with Crippen molar-refractivity contribution >= 4 is 11.9 Å². The molecule has 88 valence electrons. The number of hydrogen-bond acceptors (Lipinski definition) is 4. The third kappa shape index (κ3) is 9.25. The van der Waals surface area contributed by atoms with Crippen molar-refractivity contribution in [2.75, 3.05) is 13.2 Å². The Hall–Kier alpha value is -1.06. The van der Waals surface area contributed by atoms with E-state index in [0.29, 0.717) is 26.1 Å². The van der Waals surface area contributed by atoms with Crippen LogP contribution in [-0.2, 0) is 19.1 Å². The van der Waals surface area contributed by atoms with Crippen LogP contribution in [0.15, 0.2) is 0 Å². The molecular weight excluding hydrogens is 196 g/mol. The molecule has 0 saturated carbocycles. The normalized spacial score (nSPS) is 9.73. The number of ether oxygens (including phenoxy) is 2. The fourth-order valence-electron chi connectivity index (χ4n) is 1.01. The van der Waals surface area contributed by atoms with Crippen molar-refractivity contribution < 1.29 is 19.1 Å². The van der Waals surface area contributed by atoms with Gasteiger partial charge >= 0.3 is 11.9 Å². The van der Waals surface area contributed by atoms with Crippen molar-refractivity contribution in [1.29, 1.82) is 0 Å². The summed E-state index contributed by atoms with van der Waals surface area (Å²) in [6.07, 6.45) is 2.99. The van der Waals surface area contributed by atoms with Crippen molar-refractivity contribution in [3.05, 3.63) is 0 Å². The van der Waals surface area contributed by atoms with Gasteiger partial charge in [0, 0.05) is 12.8 Å². The molecule has 0 rings (SSSR count). The van der Waals surface area contributed by atoms with Crippen LogP contribution < -0.4 is 0 Å². The fourth-order valence-corrected chi connectivity index (χ4v) is 1.01. The van der Waals surface area contributed by atoms with E-state index in [1.807, 2.05) is 6.92 Å². The van der Waals surface area contributed by atoms with E-state index in [1.165, 1.54) is 0 Å². The molecule has 0 atom stereocenters. The van der Waals surface area contributed by atoms with E-state index in [0.717, 1.165) is 12.8 Å². The molecule has 0 N–H and O–H groups in total. The first-order chi connectivity index (χ1) is 7.20. The average Bonchev–Trinajstić information content (AvgIpc) is 2.18. The summed E-state index contributed by atoms with van der Waals surface area (Å²) in [4.78, 5) is 22.0. The van der Waals surface area contributed by atoms with E-state index in [-0.39, 0.29) is 18.4 Å². The second-order valence-electron chi connectivity index (χ2n) is 3.23. The molecule has 0 heterocycles. The van der Waals surface area contributed by atoms with Gasteiger partial charge in [0.2, 0.25) is 0 Å². The van der Waals surface area contributed by atoms with Gasteiger partial charge in [-0.15, -0.1) is 0 Å². The first-order valence-corrected chi connectivity index (χ1v) is 5.52. The smallest absolute Gasteiger partial charge is 0.305 e. The average molecular weight is 216 g/mol. The SMILES string of the molecule is CCCCOC(=O)CCCC(=O)OCC. The van der Waals surface area contributed by atoms with Crippen LogP contribution in [0.4, 0.5) is 0 Å².